The number of carbonyl (C=O) groups excluding carboxylic acids is 1. The van der Waals surface area contributed by atoms with E-state index in [9.17, 15) is 9.59 Å². The molecule has 2 aromatic rings. The molecule has 0 atom stereocenters. The molecule has 0 unspecified atom stereocenters. The van der Waals surface area contributed by atoms with Crippen molar-refractivity contribution in [1.82, 2.24) is 9.97 Å². The third kappa shape index (κ3) is 4.06. The van der Waals surface area contributed by atoms with Gasteiger partial charge in [-0.25, -0.2) is 4.98 Å². The Bertz CT molecular complexity index is 635. The van der Waals surface area contributed by atoms with Gasteiger partial charge in [-0.3, -0.25) is 9.59 Å². The Morgan fingerprint density at radius 1 is 1.47 bits per heavy atom. The van der Waals surface area contributed by atoms with Gasteiger partial charge in [0.2, 0.25) is 5.91 Å². The summed E-state index contributed by atoms with van der Waals surface area (Å²) in [5.41, 5.74) is 4.72. The number of aromatic amines is 1. The minimum Gasteiger partial charge on any atom is -0.369 e. The van der Waals surface area contributed by atoms with Crippen molar-refractivity contribution < 1.29 is 4.79 Å². The summed E-state index contributed by atoms with van der Waals surface area (Å²) in [6, 6.07) is 3.44. The van der Waals surface area contributed by atoms with Gasteiger partial charge in [0.15, 0.2) is 0 Å². The molecule has 3 N–H and O–H groups in total. The molecule has 1 aliphatic rings. The number of carbonyl (C=O) groups is 1. The smallest absolute Gasteiger partial charge is 0.257 e. The van der Waals surface area contributed by atoms with E-state index in [0.717, 1.165) is 18.2 Å². The Hall–Kier alpha value is -1.88. The first kappa shape index (κ1) is 15.2. The molecule has 1 fully saturated rings. The first-order valence-electron chi connectivity index (χ1n) is 5.50. The number of nitrogens with two attached hydrogens (primary N) is 1. The van der Waals surface area contributed by atoms with Crippen LogP contribution < -0.4 is 11.3 Å². The Kier molecular flexibility index (Phi) is 5.06. The van der Waals surface area contributed by atoms with Crippen LogP contribution in [0.15, 0.2) is 29.3 Å². The minimum atomic E-state index is -0.142. The number of pyridine rings is 2. The van der Waals surface area contributed by atoms with Crippen molar-refractivity contribution in [2.45, 2.75) is 20.3 Å². The highest BCUT2D eigenvalue weighted by Crippen LogP contribution is 2.27. The molecule has 0 bridgehead atoms. The van der Waals surface area contributed by atoms with Crippen molar-refractivity contribution in [2.24, 2.45) is 11.7 Å². The van der Waals surface area contributed by atoms with E-state index >= 15 is 0 Å². The molecule has 2 heterocycles. The Balaban J connectivity index is 0.000000220. The van der Waals surface area contributed by atoms with Crippen molar-refractivity contribution in [2.75, 3.05) is 0 Å². The van der Waals surface area contributed by atoms with Crippen LogP contribution >= 0.6 is 11.6 Å². The zero-order valence-corrected chi connectivity index (χ0v) is 10.3. The Morgan fingerprint density at radius 3 is 2.68 bits per heavy atom. The van der Waals surface area contributed by atoms with Crippen LogP contribution in [0.5, 0.6) is 0 Å². The molecule has 5 nitrogen and oxygen atoms in total. The van der Waals surface area contributed by atoms with Gasteiger partial charge in [-0.15, -0.1) is 0 Å². The van der Waals surface area contributed by atoms with E-state index in [1.54, 1.807) is 18.3 Å². The van der Waals surface area contributed by atoms with Gasteiger partial charge < -0.3 is 10.7 Å². The van der Waals surface area contributed by atoms with E-state index in [-0.39, 0.29) is 24.8 Å². The number of primary amides is 1. The summed E-state index contributed by atoms with van der Waals surface area (Å²) in [6.45, 7) is 0. The van der Waals surface area contributed by atoms with Crippen molar-refractivity contribution in [1.29, 1.82) is 0 Å². The van der Waals surface area contributed by atoms with Crippen LogP contribution in [0, 0.1) is 5.92 Å². The zero-order valence-electron chi connectivity index (χ0n) is 9.52. The maximum Gasteiger partial charge on any atom is 0.257 e. The number of H-pyrrole nitrogens is 1. The summed E-state index contributed by atoms with van der Waals surface area (Å²) < 4.78 is 0. The fourth-order valence-electron chi connectivity index (χ4n) is 1.42. The van der Waals surface area contributed by atoms with Crippen LogP contribution in [0.3, 0.4) is 0 Å². The van der Waals surface area contributed by atoms with Gasteiger partial charge in [0.25, 0.3) is 5.56 Å². The van der Waals surface area contributed by atoms with Crippen molar-refractivity contribution in [3.05, 3.63) is 40.0 Å². The van der Waals surface area contributed by atoms with E-state index in [1.807, 2.05) is 0 Å². The lowest BCUT2D eigenvalue weighted by Gasteiger charge is -1.94. The van der Waals surface area contributed by atoms with Gasteiger partial charge in [0.1, 0.15) is 5.15 Å². The molecule has 6 heteroatoms. The van der Waals surface area contributed by atoms with Crippen molar-refractivity contribution in [3.8, 4) is 0 Å². The third-order valence-corrected chi connectivity index (χ3v) is 2.81. The second-order valence-corrected chi connectivity index (χ2v) is 4.46. The van der Waals surface area contributed by atoms with Crippen molar-refractivity contribution >= 4 is 28.3 Å². The Labute approximate surface area is 115 Å². The standard InChI is InChI=1S/C8H5ClN2O.C4H7NO.CH4/c9-7-3-5-1-2-10-8(12)6(5)4-11-7;5-4(6)3-1-2-3;/h1-4H,(H,10,12);3H,1-2H2,(H2,5,6);1H4. The number of aromatic nitrogens is 2. The lowest BCUT2D eigenvalue weighted by Crippen LogP contribution is -2.11. The molecule has 1 amide bonds. The second kappa shape index (κ2) is 6.33. The molecular weight excluding hydrogens is 266 g/mol. The number of fused-ring (bicyclic) bond motifs is 1. The average Bonchev–Trinajstić information content (AvgIpc) is 3.13. The number of nitrogens with one attached hydrogen (secondary N) is 1. The Morgan fingerprint density at radius 2 is 2.16 bits per heavy atom. The van der Waals surface area contributed by atoms with Gasteiger partial charge in [0, 0.05) is 18.3 Å². The average molecular weight is 282 g/mol. The maximum absolute atomic E-state index is 11.2. The highest BCUT2D eigenvalue weighted by atomic mass is 35.5. The first-order chi connectivity index (χ1) is 8.58. The molecule has 0 radical (unpaired) electrons. The number of amides is 1. The number of rotatable bonds is 1. The first-order valence-corrected chi connectivity index (χ1v) is 5.88. The lowest BCUT2D eigenvalue weighted by atomic mass is 10.2. The molecule has 1 aliphatic carbocycles. The van der Waals surface area contributed by atoms with E-state index < -0.39 is 0 Å². The summed E-state index contributed by atoms with van der Waals surface area (Å²) in [5.74, 6) is 0.111. The molecule has 19 heavy (non-hydrogen) atoms. The topological polar surface area (TPSA) is 88.8 Å². The van der Waals surface area contributed by atoms with Crippen LogP contribution in [-0.4, -0.2) is 15.9 Å². The fourth-order valence-corrected chi connectivity index (χ4v) is 1.59. The van der Waals surface area contributed by atoms with E-state index in [0.29, 0.717) is 10.5 Å². The monoisotopic (exact) mass is 281 g/mol. The van der Waals surface area contributed by atoms with Crippen LogP contribution in [0.25, 0.3) is 10.8 Å². The van der Waals surface area contributed by atoms with Crippen molar-refractivity contribution in [3.63, 3.8) is 0 Å². The van der Waals surface area contributed by atoms with Crippen LogP contribution in [0.2, 0.25) is 5.15 Å². The molecule has 0 aromatic carbocycles. The molecule has 0 spiro atoms. The summed E-state index contributed by atoms with van der Waals surface area (Å²) in [7, 11) is 0. The largest absolute Gasteiger partial charge is 0.369 e. The quantitative estimate of drug-likeness (QED) is 0.785. The zero-order chi connectivity index (χ0) is 13.1. The highest BCUT2D eigenvalue weighted by Gasteiger charge is 2.26. The van der Waals surface area contributed by atoms with Gasteiger partial charge in [-0.2, -0.15) is 0 Å². The molecule has 102 valence electrons. The normalized spacial score (nSPS) is 13.1. The van der Waals surface area contributed by atoms with Gasteiger partial charge in [-0.1, -0.05) is 19.0 Å². The molecular formula is C13H16ClN3O2. The minimum absolute atomic E-state index is 0. The SMILES string of the molecule is C.NC(=O)C1CC1.O=c1[nH]ccc2cc(Cl)ncc12. The number of halogens is 1. The van der Waals surface area contributed by atoms with Gasteiger partial charge >= 0.3 is 0 Å². The predicted molar refractivity (Wildman–Crippen MR) is 76.0 cm³/mol. The molecule has 0 saturated heterocycles. The maximum atomic E-state index is 11.2. The number of hydrogen-bond donors (Lipinski definition) is 2. The van der Waals surface area contributed by atoms with E-state index in [2.05, 4.69) is 9.97 Å². The molecule has 1 saturated carbocycles. The van der Waals surface area contributed by atoms with Crippen LogP contribution in [0.1, 0.15) is 20.3 Å². The van der Waals surface area contributed by atoms with E-state index in [1.165, 1.54) is 6.20 Å². The predicted octanol–water partition coefficient (Wildman–Crippen LogP) is 2.09. The lowest BCUT2D eigenvalue weighted by molar-refractivity contribution is -0.119. The van der Waals surface area contributed by atoms with Gasteiger partial charge in [0.05, 0.1) is 5.39 Å². The van der Waals surface area contributed by atoms with E-state index in [4.69, 9.17) is 17.3 Å². The second-order valence-electron chi connectivity index (χ2n) is 4.08. The van der Waals surface area contributed by atoms with Crippen LogP contribution in [0.4, 0.5) is 0 Å². The third-order valence-electron chi connectivity index (χ3n) is 2.60. The summed E-state index contributed by atoms with van der Waals surface area (Å²) in [4.78, 5) is 27.5. The number of hydrogen-bond acceptors (Lipinski definition) is 3. The summed E-state index contributed by atoms with van der Waals surface area (Å²) in [5, 5.41) is 1.76. The molecule has 0 aliphatic heterocycles. The summed E-state index contributed by atoms with van der Waals surface area (Å²) >= 11 is 5.65. The summed E-state index contributed by atoms with van der Waals surface area (Å²) in [6.07, 6.45) is 5.10. The van der Waals surface area contributed by atoms with Crippen LogP contribution in [-0.2, 0) is 4.79 Å². The fraction of sp³-hybridized carbons (Fsp3) is 0.308. The molecule has 2 aromatic heterocycles. The highest BCUT2D eigenvalue weighted by molar-refractivity contribution is 6.30. The van der Waals surface area contributed by atoms with Gasteiger partial charge in [-0.05, 0) is 30.4 Å². The molecule has 3 rings (SSSR count). The number of nitrogens with zero attached hydrogens (tertiary/aromatic N) is 1.